The van der Waals surface area contributed by atoms with Gasteiger partial charge in [0.15, 0.2) is 5.60 Å². The molecule has 3 aromatic carbocycles. The van der Waals surface area contributed by atoms with Crippen LogP contribution in [0.5, 0.6) is 0 Å². The van der Waals surface area contributed by atoms with E-state index in [1.807, 2.05) is 84.6 Å². The maximum absolute atomic E-state index is 13.5. The van der Waals surface area contributed by atoms with Crippen molar-refractivity contribution in [3.8, 4) is 0 Å². The smallest absolute Gasteiger partial charge is 0.260 e. The first-order valence-electron chi connectivity index (χ1n) is 13.7. The Bertz CT molecular complexity index is 1500. The number of piperidine rings is 1. The summed E-state index contributed by atoms with van der Waals surface area (Å²) in [7, 11) is 5.44. The molecule has 1 aromatic heterocycles. The van der Waals surface area contributed by atoms with Gasteiger partial charge in [-0.15, -0.1) is 0 Å². The van der Waals surface area contributed by atoms with Crippen molar-refractivity contribution in [1.29, 1.82) is 0 Å². The Hall–Kier alpha value is -4.23. The number of methoxy groups -OCH3 is 1. The third-order valence-electron chi connectivity index (χ3n) is 8.05. The minimum Gasteiger partial charge on any atom is -0.376 e. The maximum Gasteiger partial charge on any atom is 0.260 e. The monoisotopic (exact) mass is 536 g/mol. The van der Waals surface area contributed by atoms with Crippen molar-refractivity contribution in [3.05, 3.63) is 102 Å². The van der Waals surface area contributed by atoms with Crippen molar-refractivity contribution in [2.75, 3.05) is 44.5 Å². The highest BCUT2D eigenvalue weighted by molar-refractivity contribution is 6.01. The zero-order valence-corrected chi connectivity index (χ0v) is 23.6. The molecule has 0 spiro atoms. The van der Waals surface area contributed by atoms with E-state index in [-0.39, 0.29) is 11.8 Å². The fourth-order valence-corrected chi connectivity index (χ4v) is 5.44. The van der Waals surface area contributed by atoms with Crippen LogP contribution >= 0.6 is 0 Å². The number of hydrogen-bond acceptors (Lipinski definition) is 5. The number of ether oxygens (including phenoxy) is 1. The number of nitrogens with zero attached hydrogens (tertiary/aromatic N) is 3. The largest absolute Gasteiger partial charge is 0.376 e. The summed E-state index contributed by atoms with van der Waals surface area (Å²) in [5, 5.41) is 5.11. The number of nitrogens with one attached hydrogen (secondary N) is 1. The number of aromatic nitrogens is 1. The van der Waals surface area contributed by atoms with Gasteiger partial charge in [0.25, 0.3) is 11.8 Å². The Morgan fingerprint density at radius 1 is 0.975 bits per heavy atom. The molecule has 40 heavy (non-hydrogen) atoms. The van der Waals surface area contributed by atoms with Crippen LogP contribution in [-0.4, -0.2) is 56.0 Å². The summed E-state index contributed by atoms with van der Waals surface area (Å²) < 4.78 is 5.81. The molecule has 1 aliphatic rings. The van der Waals surface area contributed by atoms with Gasteiger partial charge in [0.1, 0.15) is 0 Å². The highest BCUT2D eigenvalue weighted by Gasteiger charge is 2.36. The zero-order chi connectivity index (χ0) is 28.3. The Balaban J connectivity index is 1.23. The Kier molecular flexibility index (Phi) is 7.85. The van der Waals surface area contributed by atoms with Crippen molar-refractivity contribution in [3.63, 3.8) is 0 Å². The van der Waals surface area contributed by atoms with Crippen LogP contribution in [0.3, 0.4) is 0 Å². The molecule has 2 heterocycles. The third-order valence-corrected chi connectivity index (χ3v) is 8.05. The van der Waals surface area contributed by atoms with E-state index in [0.29, 0.717) is 24.6 Å². The van der Waals surface area contributed by atoms with Crippen LogP contribution in [-0.2, 0) is 15.1 Å². The molecule has 206 valence electrons. The van der Waals surface area contributed by atoms with Gasteiger partial charge in [-0.1, -0.05) is 54.6 Å². The predicted octanol–water partition coefficient (Wildman–Crippen LogP) is 5.82. The maximum atomic E-state index is 13.5. The summed E-state index contributed by atoms with van der Waals surface area (Å²) in [6.07, 6.45) is 5.18. The van der Waals surface area contributed by atoms with Crippen LogP contribution in [0.15, 0.2) is 85.2 Å². The number of benzene rings is 3. The van der Waals surface area contributed by atoms with E-state index in [4.69, 9.17) is 4.74 Å². The molecule has 4 aromatic rings. The van der Waals surface area contributed by atoms with Crippen molar-refractivity contribution < 1.29 is 14.3 Å². The lowest BCUT2D eigenvalue weighted by molar-refractivity contribution is -0.136. The normalized spacial score (nSPS) is 15.4. The van der Waals surface area contributed by atoms with Gasteiger partial charge in [0.05, 0.1) is 17.4 Å². The quantitative estimate of drug-likeness (QED) is 0.322. The van der Waals surface area contributed by atoms with Crippen molar-refractivity contribution in [2.24, 2.45) is 0 Å². The van der Waals surface area contributed by atoms with Gasteiger partial charge in [0, 0.05) is 51.7 Å². The molecule has 7 nitrogen and oxygen atoms in total. The van der Waals surface area contributed by atoms with Gasteiger partial charge in [-0.05, 0) is 60.2 Å². The Morgan fingerprint density at radius 2 is 1.68 bits per heavy atom. The number of anilines is 2. The summed E-state index contributed by atoms with van der Waals surface area (Å²) in [6, 6.07) is 23.9. The van der Waals surface area contributed by atoms with Gasteiger partial charge in [-0.25, -0.2) is 0 Å². The number of rotatable bonds is 7. The fraction of sp³-hybridized carbons (Fsp3) is 0.303. The number of amides is 2. The topological polar surface area (TPSA) is 74.8 Å². The third kappa shape index (κ3) is 5.42. The molecule has 1 aliphatic heterocycles. The molecule has 1 N–H and O–H groups in total. The van der Waals surface area contributed by atoms with E-state index >= 15 is 0 Å². The number of pyridine rings is 1. The van der Waals surface area contributed by atoms with Crippen molar-refractivity contribution in [1.82, 2.24) is 9.88 Å². The second-order valence-corrected chi connectivity index (χ2v) is 10.7. The highest BCUT2D eigenvalue weighted by Crippen LogP contribution is 2.34. The van der Waals surface area contributed by atoms with E-state index in [0.717, 1.165) is 40.6 Å². The molecule has 5 rings (SSSR count). The number of fused-ring (bicyclic) bond motifs is 1. The summed E-state index contributed by atoms with van der Waals surface area (Å²) in [4.78, 5) is 34.7. The number of hydrogen-bond donors (Lipinski definition) is 1. The van der Waals surface area contributed by atoms with E-state index in [1.54, 1.807) is 26.4 Å². The SMILES string of the molecule is COC(C)(C(=O)Nc1ccc(C2CCN(C(=O)c3cncc(N(C)C)c3)CC2)cc1)c1cccc2ccccc12. The van der Waals surface area contributed by atoms with Crippen molar-refractivity contribution >= 4 is 34.0 Å². The van der Waals surface area contributed by atoms with Crippen LogP contribution in [0.25, 0.3) is 10.8 Å². The molecule has 0 radical (unpaired) electrons. The summed E-state index contributed by atoms with van der Waals surface area (Å²) in [5.74, 6) is 0.166. The second kappa shape index (κ2) is 11.5. The first kappa shape index (κ1) is 27.3. The molecule has 2 amide bonds. The van der Waals surface area contributed by atoms with Gasteiger partial charge in [0.2, 0.25) is 0 Å². The molecule has 0 saturated carbocycles. The number of carbonyl (C=O) groups excluding carboxylic acids is 2. The number of carbonyl (C=O) groups is 2. The fourth-order valence-electron chi connectivity index (χ4n) is 5.44. The molecule has 0 bridgehead atoms. The lowest BCUT2D eigenvalue weighted by Crippen LogP contribution is -2.39. The van der Waals surface area contributed by atoms with Crippen LogP contribution in [0, 0.1) is 0 Å². The second-order valence-electron chi connectivity index (χ2n) is 10.7. The van der Waals surface area contributed by atoms with Gasteiger partial charge in [-0.3, -0.25) is 14.6 Å². The van der Waals surface area contributed by atoms with Crippen LogP contribution in [0.1, 0.15) is 47.2 Å². The van der Waals surface area contributed by atoms with E-state index < -0.39 is 5.60 Å². The lowest BCUT2D eigenvalue weighted by atomic mass is 9.88. The lowest BCUT2D eigenvalue weighted by Gasteiger charge is -2.32. The van der Waals surface area contributed by atoms with E-state index in [1.165, 1.54) is 5.56 Å². The standard InChI is InChI=1S/C33H36N4O3/c1-33(40-4,30-11-7-9-25-8-5-6-10-29(25)30)32(39)35-27-14-12-23(13-15-27)24-16-18-37(19-17-24)31(38)26-20-28(36(2)3)22-34-21-26/h5-15,20-22,24H,16-19H2,1-4H3,(H,35,39). The molecule has 1 atom stereocenters. The van der Waals surface area contributed by atoms with Gasteiger partial charge in [-0.2, -0.15) is 0 Å². The van der Waals surface area contributed by atoms with Gasteiger partial charge >= 0.3 is 0 Å². The molecule has 1 fully saturated rings. The summed E-state index contributed by atoms with van der Waals surface area (Å²) in [6.45, 7) is 3.21. The first-order chi connectivity index (χ1) is 19.3. The zero-order valence-electron chi connectivity index (χ0n) is 23.6. The molecular weight excluding hydrogens is 500 g/mol. The van der Waals surface area contributed by atoms with E-state index in [2.05, 4.69) is 22.4 Å². The highest BCUT2D eigenvalue weighted by atomic mass is 16.5. The Morgan fingerprint density at radius 3 is 2.38 bits per heavy atom. The predicted molar refractivity (Wildman–Crippen MR) is 160 cm³/mol. The molecule has 7 heteroatoms. The minimum absolute atomic E-state index is 0.0279. The van der Waals surface area contributed by atoms with Crippen LogP contribution in [0.4, 0.5) is 11.4 Å². The minimum atomic E-state index is -1.15. The Labute approximate surface area is 235 Å². The summed E-state index contributed by atoms with van der Waals surface area (Å²) >= 11 is 0. The van der Waals surface area contributed by atoms with Crippen LogP contribution in [0.2, 0.25) is 0 Å². The molecule has 0 aliphatic carbocycles. The molecular formula is C33H36N4O3. The molecule has 1 unspecified atom stereocenters. The van der Waals surface area contributed by atoms with E-state index in [9.17, 15) is 9.59 Å². The van der Waals surface area contributed by atoms with Crippen LogP contribution < -0.4 is 10.2 Å². The molecule has 1 saturated heterocycles. The average Bonchev–Trinajstić information content (AvgIpc) is 3.00. The van der Waals surface area contributed by atoms with Crippen molar-refractivity contribution in [2.45, 2.75) is 31.3 Å². The average molecular weight is 537 g/mol. The number of likely N-dealkylation sites (tertiary alicyclic amines) is 1. The first-order valence-corrected chi connectivity index (χ1v) is 13.7. The summed E-state index contributed by atoms with van der Waals surface area (Å²) in [5.41, 5.74) is 3.14. The van der Waals surface area contributed by atoms with Gasteiger partial charge < -0.3 is 19.9 Å².